The summed E-state index contributed by atoms with van der Waals surface area (Å²) in [5.41, 5.74) is 1.42. The average Bonchev–Trinajstić information content (AvgIpc) is 2.82. The molecule has 1 aliphatic rings. The third-order valence-electron chi connectivity index (χ3n) is 4.16. The van der Waals surface area contributed by atoms with Gasteiger partial charge >= 0.3 is 0 Å². The SMILES string of the molecule is C[C@H]1CS(=O)(=O)N(c2ccc(C(=O)N(C)c3ccccc3)cc2)C1=O. The van der Waals surface area contributed by atoms with E-state index in [4.69, 9.17) is 0 Å². The molecule has 1 atom stereocenters. The third-order valence-corrected chi connectivity index (χ3v) is 6.03. The maximum atomic E-state index is 12.5. The van der Waals surface area contributed by atoms with Crippen LogP contribution < -0.4 is 9.21 Å². The summed E-state index contributed by atoms with van der Waals surface area (Å²) in [5.74, 6) is -1.42. The average molecular weight is 358 g/mol. The summed E-state index contributed by atoms with van der Waals surface area (Å²) in [7, 11) is -1.97. The topological polar surface area (TPSA) is 74.8 Å². The van der Waals surface area contributed by atoms with Gasteiger partial charge in [0.05, 0.1) is 17.4 Å². The zero-order chi connectivity index (χ0) is 18.2. The Balaban J connectivity index is 1.86. The fourth-order valence-corrected chi connectivity index (χ4v) is 4.61. The minimum atomic E-state index is -3.64. The number of para-hydroxylation sites is 1. The van der Waals surface area contributed by atoms with E-state index in [1.165, 1.54) is 29.2 Å². The van der Waals surface area contributed by atoms with Crippen LogP contribution in [0.1, 0.15) is 17.3 Å². The van der Waals surface area contributed by atoms with E-state index < -0.39 is 21.8 Å². The van der Waals surface area contributed by atoms with Crippen molar-refractivity contribution >= 4 is 33.2 Å². The molecule has 0 saturated carbocycles. The van der Waals surface area contributed by atoms with Crippen LogP contribution in [0.4, 0.5) is 11.4 Å². The number of carbonyl (C=O) groups excluding carboxylic acids is 2. The summed E-state index contributed by atoms with van der Waals surface area (Å²) in [6.07, 6.45) is 0. The van der Waals surface area contributed by atoms with Crippen LogP contribution in [0.3, 0.4) is 0 Å². The zero-order valence-corrected chi connectivity index (χ0v) is 14.7. The van der Waals surface area contributed by atoms with E-state index >= 15 is 0 Å². The van der Waals surface area contributed by atoms with Crippen molar-refractivity contribution in [2.75, 3.05) is 22.0 Å². The summed E-state index contributed by atoms with van der Waals surface area (Å²) < 4.78 is 25.1. The first-order valence-electron chi connectivity index (χ1n) is 7.81. The van der Waals surface area contributed by atoms with Crippen molar-refractivity contribution in [3.63, 3.8) is 0 Å². The van der Waals surface area contributed by atoms with Crippen LogP contribution >= 0.6 is 0 Å². The van der Waals surface area contributed by atoms with Crippen molar-refractivity contribution in [3.8, 4) is 0 Å². The van der Waals surface area contributed by atoms with E-state index in [0.717, 1.165) is 9.99 Å². The van der Waals surface area contributed by atoms with Crippen molar-refractivity contribution in [2.24, 2.45) is 5.92 Å². The van der Waals surface area contributed by atoms with Gasteiger partial charge in [0, 0.05) is 18.3 Å². The first-order valence-corrected chi connectivity index (χ1v) is 9.42. The molecule has 0 N–H and O–H groups in total. The molecule has 2 aromatic rings. The van der Waals surface area contributed by atoms with Gasteiger partial charge in [-0.15, -0.1) is 0 Å². The lowest BCUT2D eigenvalue weighted by molar-refractivity contribution is -0.119. The van der Waals surface area contributed by atoms with Crippen molar-refractivity contribution in [3.05, 3.63) is 60.2 Å². The Bertz CT molecular complexity index is 908. The van der Waals surface area contributed by atoms with Crippen molar-refractivity contribution in [2.45, 2.75) is 6.92 Å². The lowest BCUT2D eigenvalue weighted by atomic mass is 10.1. The molecule has 0 bridgehead atoms. The molecule has 0 radical (unpaired) electrons. The molecule has 2 aromatic carbocycles. The predicted molar refractivity (Wildman–Crippen MR) is 96.1 cm³/mol. The van der Waals surface area contributed by atoms with Gasteiger partial charge in [-0.1, -0.05) is 25.1 Å². The van der Waals surface area contributed by atoms with Gasteiger partial charge in [-0.25, -0.2) is 12.7 Å². The summed E-state index contributed by atoms with van der Waals surface area (Å²) >= 11 is 0. The van der Waals surface area contributed by atoms with Crippen LogP contribution in [0.15, 0.2) is 54.6 Å². The summed E-state index contributed by atoms with van der Waals surface area (Å²) in [5, 5.41) is 0. The van der Waals surface area contributed by atoms with Crippen LogP contribution in [-0.2, 0) is 14.8 Å². The number of amides is 2. The molecule has 130 valence electrons. The number of benzene rings is 2. The maximum Gasteiger partial charge on any atom is 0.258 e. The molecule has 1 heterocycles. The standard InChI is InChI=1S/C18H18N2O4S/c1-13-12-25(23,24)20(17(13)21)16-10-8-14(9-11-16)18(22)19(2)15-6-4-3-5-7-15/h3-11,13H,12H2,1-2H3/t13-/m0/s1. The summed E-state index contributed by atoms with van der Waals surface area (Å²) in [6.45, 7) is 1.59. The van der Waals surface area contributed by atoms with E-state index in [-0.39, 0.29) is 17.3 Å². The maximum absolute atomic E-state index is 12.5. The Kier molecular flexibility index (Phi) is 4.34. The number of hydrogen-bond acceptors (Lipinski definition) is 4. The molecule has 1 saturated heterocycles. The second-order valence-electron chi connectivity index (χ2n) is 6.03. The normalized spacial score (nSPS) is 19.0. The number of rotatable bonds is 3. The minimum absolute atomic E-state index is 0.191. The fraction of sp³-hybridized carbons (Fsp3) is 0.222. The van der Waals surface area contributed by atoms with Crippen LogP contribution in [0.5, 0.6) is 0 Å². The molecule has 6 nitrogen and oxygen atoms in total. The fourth-order valence-electron chi connectivity index (χ4n) is 2.79. The largest absolute Gasteiger partial charge is 0.311 e. The van der Waals surface area contributed by atoms with Gasteiger partial charge in [0.25, 0.3) is 5.91 Å². The van der Waals surface area contributed by atoms with Crippen molar-refractivity contribution < 1.29 is 18.0 Å². The molecule has 1 fully saturated rings. The van der Waals surface area contributed by atoms with Gasteiger partial charge in [0.2, 0.25) is 15.9 Å². The molecule has 0 spiro atoms. The molecule has 1 aliphatic heterocycles. The van der Waals surface area contributed by atoms with E-state index in [1.54, 1.807) is 14.0 Å². The molecular weight excluding hydrogens is 340 g/mol. The van der Waals surface area contributed by atoms with Gasteiger partial charge in [0.15, 0.2) is 0 Å². The molecule has 25 heavy (non-hydrogen) atoms. The number of anilines is 2. The minimum Gasteiger partial charge on any atom is -0.311 e. The smallest absolute Gasteiger partial charge is 0.258 e. The lowest BCUT2D eigenvalue weighted by Crippen LogP contribution is -2.30. The van der Waals surface area contributed by atoms with E-state index in [1.807, 2.05) is 30.3 Å². The second-order valence-corrected chi connectivity index (χ2v) is 7.89. The highest BCUT2D eigenvalue weighted by atomic mass is 32.2. The highest BCUT2D eigenvalue weighted by Crippen LogP contribution is 2.28. The Labute approximate surface area is 146 Å². The highest BCUT2D eigenvalue weighted by Gasteiger charge is 2.41. The first kappa shape index (κ1) is 17.2. The summed E-state index contributed by atoms with van der Waals surface area (Å²) in [4.78, 5) is 26.2. The second kappa shape index (κ2) is 6.33. The number of nitrogens with zero attached hydrogens (tertiary/aromatic N) is 2. The molecular formula is C18H18N2O4S. The lowest BCUT2D eigenvalue weighted by Gasteiger charge is -2.19. The van der Waals surface area contributed by atoms with Crippen molar-refractivity contribution in [1.82, 2.24) is 0 Å². The number of sulfonamides is 1. The van der Waals surface area contributed by atoms with Crippen LogP contribution in [0.25, 0.3) is 0 Å². The molecule has 0 aliphatic carbocycles. The molecule has 3 rings (SSSR count). The third kappa shape index (κ3) is 3.15. The van der Waals surface area contributed by atoms with Gasteiger partial charge in [-0.05, 0) is 36.4 Å². The highest BCUT2D eigenvalue weighted by molar-refractivity contribution is 7.94. The van der Waals surface area contributed by atoms with E-state index in [2.05, 4.69) is 0 Å². The Morgan fingerprint density at radius 2 is 1.68 bits per heavy atom. The number of carbonyl (C=O) groups is 2. The molecule has 7 heteroatoms. The quantitative estimate of drug-likeness (QED) is 0.844. The van der Waals surface area contributed by atoms with Crippen LogP contribution in [0.2, 0.25) is 0 Å². The van der Waals surface area contributed by atoms with Crippen LogP contribution in [0, 0.1) is 5.92 Å². The van der Waals surface area contributed by atoms with Gasteiger partial charge in [0.1, 0.15) is 0 Å². The molecule has 0 aromatic heterocycles. The van der Waals surface area contributed by atoms with Crippen LogP contribution in [-0.4, -0.2) is 33.0 Å². The van der Waals surface area contributed by atoms with E-state index in [0.29, 0.717) is 5.56 Å². The van der Waals surface area contributed by atoms with Crippen molar-refractivity contribution in [1.29, 1.82) is 0 Å². The Morgan fingerprint density at radius 3 is 2.20 bits per heavy atom. The Morgan fingerprint density at radius 1 is 1.08 bits per heavy atom. The van der Waals surface area contributed by atoms with Gasteiger partial charge in [-0.3, -0.25) is 9.59 Å². The van der Waals surface area contributed by atoms with E-state index in [9.17, 15) is 18.0 Å². The number of hydrogen-bond donors (Lipinski definition) is 0. The zero-order valence-electron chi connectivity index (χ0n) is 13.9. The predicted octanol–water partition coefficient (Wildman–Crippen LogP) is 2.28. The Hall–Kier alpha value is -2.67. The molecule has 2 amide bonds. The first-order chi connectivity index (χ1) is 11.8. The summed E-state index contributed by atoms with van der Waals surface area (Å²) in [6, 6.07) is 15.2. The molecule has 0 unspecified atom stereocenters. The monoisotopic (exact) mass is 358 g/mol. The van der Waals surface area contributed by atoms with Gasteiger partial charge < -0.3 is 4.90 Å². The van der Waals surface area contributed by atoms with Gasteiger partial charge in [-0.2, -0.15) is 0 Å².